The quantitative estimate of drug-likeness (QED) is 0.847. The first-order chi connectivity index (χ1) is 7.77. The van der Waals surface area contributed by atoms with Gasteiger partial charge in [-0.2, -0.15) is 0 Å². The zero-order valence-electron chi connectivity index (χ0n) is 9.75. The predicted octanol–water partition coefficient (Wildman–Crippen LogP) is 2.89. The van der Waals surface area contributed by atoms with Crippen LogP contribution in [0.1, 0.15) is 38.3 Å². The van der Waals surface area contributed by atoms with E-state index in [1.165, 1.54) is 31.7 Å². The highest BCUT2D eigenvalue weighted by atomic mass is 19.1. The summed E-state index contributed by atoms with van der Waals surface area (Å²) in [6.07, 6.45) is 6.93. The number of halogens is 1. The number of pyridine rings is 1. The third-order valence-corrected chi connectivity index (χ3v) is 3.53. The smallest absolute Gasteiger partial charge is 0.146 e. The minimum atomic E-state index is -0.214. The van der Waals surface area contributed by atoms with E-state index < -0.39 is 0 Å². The summed E-state index contributed by atoms with van der Waals surface area (Å²) in [5.41, 5.74) is 0.521. The molecular formula is C13H19FN2. The fourth-order valence-corrected chi connectivity index (χ4v) is 2.43. The molecule has 3 heteroatoms. The van der Waals surface area contributed by atoms with E-state index in [2.05, 4.69) is 17.2 Å². The molecule has 1 N–H and O–H groups in total. The molecule has 88 valence electrons. The lowest BCUT2D eigenvalue weighted by Crippen LogP contribution is -2.32. The molecule has 2 rings (SSSR count). The molecule has 1 aliphatic carbocycles. The van der Waals surface area contributed by atoms with Crippen molar-refractivity contribution in [2.75, 3.05) is 0 Å². The molecule has 1 fully saturated rings. The molecule has 0 saturated heterocycles. The summed E-state index contributed by atoms with van der Waals surface area (Å²) in [6, 6.07) is 3.55. The van der Waals surface area contributed by atoms with Crippen molar-refractivity contribution in [2.24, 2.45) is 5.92 Å². The van der Waals surface area contributed by atoms with Crippen molar-refractivity contribution < 1.29 is 4.39 Å². The second-order valence-corrected chi connectivity index (χ2v) is 4.65. The number of hydrogen-bond acceptors (Lipinski definition) is 2. The van der Waals surface area contributed by atoms with E-state index in [0.29, 0.717) is 18.3 Å². The molecule has 0 amide bonds. The first kappa shape index (κ1) is 11.5. The van der Waals surface area contributed by atoms with Gasteiger partial charge in [-0.3, -0.25) is 4.98 Å². The zero-order chi connectivity index (χ0) is 11.4. The Kier molecular flexibility index (Phi) is 3.88. The maximum Gasteiger partial charge on any atom is 0.146 e. The van der Waals surface area contributed by atoms with Crippen molar-refractivity contribution in [1.82, 2.24) is 10.3 Å². The molecule has 0 aromatic carbocycles. The summed E-state index contributed by atoms with van der Waals surface area (Å²) < 4.78 is 13.3. The average molecular weight is 222 g/mol. The van der Waals surface area contributed by atoms with Gasteiger partial charge in [-0.1, -0.05) is 12.8 Å². The predicted molar refractivity (Wildman–Crippen MR) is 62.5 cm³/mol. The number of nitrogens with one attached hydrogen (secondary N) is 1. The lowest BCUT2D eigenvalue weighted by Gasteiger charge is -2.20. The molecule has 1 aliphatic rings. The molecule has 1 aromatic heterocycles. The average Bonchev–Trinajstić information content (AvgIpc) is 2.81. The number of aromatic nitrogens is 1. The van der Waals surface area contributed by atoms with Gasteiger partial charge < -0.3 is 5.32 Å². The summed E-state index contributed by atoms with van der Waals surface area (Å²) in [6.45, 7) is 2.72. The van der Waals surface area contributed by atoms with Gasteiger partial charge in [0.05, 0.1) is 5.69 Å². The Hall–Kier alpha value is -0.960. The molecule has 1 saturated carbocycles. The summed E-state index contributed by atoms with van der Waals surface area (Å²) in [5, 5.41) is 3.38. The van der Waals surface area contributed by atoms with Crippen molar-refractivity contribution in [2.45, 2.75) is 45.2 Å². The van der Waals surface area contributed by atoms with Crippen LogP contribution in [0.5, 0.6) is 0 Å². The van der Waals surface area contributed by atoms with Gasteiger partial charge in [0.1, 0.15) is 5.82 Å². The van der Waals surface area contributed by atoms with Crippen molar-refractivity contribution in [1.29, 1.82) is 0 Å². The SMILES string of the molecule is CC(NCc1ncccc1F)C1CCCC1. The first-order valence-corrected chi connectivity index (χ1v) is 6.10. The number of rotatable bonds is 4. The van der Waals surface area contributed by atoms with Gasteiger partial charge in [-0.15, -0.1) is 0 Å². The summed E-state index contributed by atoms with van der Waals surface area (Å²) in [4.78, 5) is 4.04. The Labute approximate surface area is 96.3 Å². The number of nitrogens with zero attached hydrogens (tertiary/aromatic N) is 1. The van der Waals surface area contributed by atoms with E-state index in [-0.39, 0.29) is 5.82 Å². The fraction of sp³-hybridized carbons (Fsp3) is 0.615. The van der Waals surface area contributed by atoms with Gasteiger partial charge in [0.15, 0.2) is 0 Å². The number of hydrogen-bond donors (Lipinski definition) is 1. The maximum absolute atomic E-state index is 13.3. The van der Waals surface area contributed by atoms with Gasteiger partial charge in [-0.05, 0) is 37.8 Å². The molecular weight excluding hydrogens is 203 g/mol. The van der Waals surface area contributed by atoms with Crippen molar-refractivity contribution in [3.05, 3.63) is 29.8 Å². The van der Waals surface area contributed by atoms with Crippen LogP contribution in [-0.2, 0) is 6.54 Å². The van der Waals surface area contributed by atoms with Gasteiger partial charge >= 0.3 is 0 Å². The van der Waals surface area contributed by atoms with Crippen LogP contribution in [0.4, 0.5) is 4.39 Å². The van der Waals surface area contributed by atoms with Crippen LogP contribution < -0.4 is 5.32 Å². The normalized spacial score (nSPS) is 18.9. The van der Waals surface area contributed by atoms with Crippen LogP contribution in [0.15, 0.2) is 18.3 Å². The fourth-order valence-electron chi connectivity index (χ4n) is 2.43. The highest BCUT2D eigenvalue weighted by molar-refractivity contribution is 5.06. The molecule has 0 radical (unpaired) electrons. The van der Waals surface area contributed by atoms with E-state index >= 15 is 0 Å². The molecule has 0 bridgehead atoms. The maximum atomic E-state index is 13.3. The largest absolute Gasteiger partial charge is 0.308 e. The van der Waals surface area contributed by atoms with E-state index in [1.807, 2.05) is 0 Å². The topological polar surface area (TPSA) is 24.9 Å². The van der Waals surface area contributed by atoms with E-state index in [9.17, 15) is 4.39 Å². The monoisotopic (exact) mass is 222 g/mol. The highest BCUT2D eigenvalue weighted by Crippen LogP contribution is 2.27. The molecule has 1 atom stereocenters. The highest BCUT2D eigenvalue weighted by Gasteiger charge is 2.21. The minimum Gasteiger partial charge on any atom is -0.308 e. The van der Waals surface area contributed by atoms with Crippen LogP contribution in [0.3, 0.4) is 0 Å². The van der Waals surface area contributed by atoms with E-state index in [4.69, 9.17) is 0 Å². The third-order valence-electron chi connectivity index (χ3n) is 3.53. The van der Waals surface area contributed by atoms with Gasteiger partial charge in [0.2, 0.25) is 0 Å². The Balaban J connectivity index is 1.84. The lowest BCUT2D eigenvalue weighted by atomic mass is 10.00. The Morgan fingerprint density at radius 1 is 1.50 bits per heavy atom. The molecule has 1 unspecified atom stereocenters. The second-order valence-electron chi connectivity index (χ2n) is 4.65. The lowest BCUT2D eigenvalue weighted by molar-refractivity contribution is 0.376. The van der Waals surface area contributed by atoms with E-state index in [0.717, 1.165) is 5.92 Å². The van der Waals surface area contributed by atoms with E-state index in [1.54, 1.807) is 12.3 Å². The molecule has 0 aliphatic heterocycles. The zero-order valence-corrected chi connectivity index (χ0v) is 9.75. The third kappa shape index (κ3) is 2.79. The minimum absolute atomic E-state index is 0.214. The molecule has 16 heavy (non-hydrogen) atoms. The Bertz CT molecular complexity index is 334. The van der Waals surface area contributed by atoms with Crippen molar-refractivity contribution in [3.63, 3.8) is 0 Å². The second kappa shape index (κ2) is 5.39. The molecule has 1 heterocycles. The van der Waals surface area contributed by atoms with Crippen LogP contribution in [0, 0.1) is 11.7 Å². The van der Waals surface area contributed by atoms with Crippen LogP contribution in [-0.4, -0.2) is 11.0 Å². The van der Waals surface area contributed by atoms with Crippen molar-refractivity contribution >= 4 is 0 Å². The van der Waals surface area contributed by atoms with Gasteiger partial charge in [0, 0.05) is 18.8 Å². The summed E-state index contributed by atoms with van der Waals surface area (Å²) in [7, 11) is 0. The van der Waals surface area contributed by atoms with Crippen LogP contribution in [0.2, 0.25) is 0 Å². The summed E-state index contributed by atoms with van der Waals surface area (Å²) in [5.74, 6) is 0.542. The standard InChI is InChI=1S/C13H19FN2/c1-10(11-5-2-3-6-11)16-9-13-12(14)7-4-8-15-13/h4,7-8,10-11,16H,2-3,5-6,9H2,1H3. The van der Waals surface area contributed by atoms with Gasteiger partial charge in [0.25, 0.3) is 0 Å². The Morgan fingerprint density at radius 2 is 2.25 bits per heavy atom. The molecule has 1 aromatic rings. The summed E-state index contributed by atoms with van der Waals surface area (Å²) >= 11 is 0. The Morgan fingerprint density at radius 3 is 2.94 bits per heavy atom. The molecule has 2 nitrogen and oxygen atoms in total. The van der Waals surface area contributed by atoms with Gasteiger partial charge in [-0.25, -0.2) is 4.39 Å². The molecule has 0 spiro atoms. The first-order valence-electron chi connectivity index (χ1n) is 6.10. The van der Waals surface area contributed by atoms with Crippen LogP contribution >= 0.6 is 0 Å². The van der Waals surface area contributed by atoms with Crippen molar-refractivity contribution in [3.8, 4) is 0 Å². The van der Waals surface area contributed by atoms with Crippen LogP contribution in [0.25, 0.3) is 0 Å².